The molecule has 1 amide bonds. The van der Waals surface area contributed by atoms with Gasteiger partial charge in [0.2, 0.25) is 5.91 Å². The molecule has 0 spiro atoms. The Bertz CT molecular complexity index is 1300. The minimum atomic E-state index is -0.119. The van der Waals surface area contributed by atoms with Gasteiger partial charge >= 0.3 is 0 Å². The third kappa shape index (κ3) is 3.49. The number of anilines is 1. The average molecular weight is 426 g/mol. The first-order chi connectivity index (χ1) is 15.5. The van der Waals surface area contributed by atoms with Crippen molar-refractivity contribution in [1.82, 2.24) is 25.0 Å². The fourth-order valence-electron chi connectivity index (χ4n) is 4.06. The summed E-state index contributed by atoms with van der Waals surface area (Å²) in [7, 11) is 1.63. The standard InChI is InChI=1S/C24H22N6O2/c1-14-4-6-17(7-5-14)20-13-25-28-24(26-20)30-23-22(15(2)29-30)19(12-21(31)27-23)16-8-10-18(32-3)11-9-16/h4-11,13,19H,12H2,1-3H3,(H,27,31)/t19-/m0/s1. The summed E-state index contributed by atoms with van der Waals surface area (Å²) in [5.41, 5.74) is 5.58. The van der Waals surface area contributed by atoms with Crippen LogP contribution in [-0.2, 0) is 4.79 Å². The molecule has 0 saturated heterocycles. The Morgan fingerprint density at radius 2 is 1.81 bits per heavy atom. The smallest absolute Gasteiger partial charge is 0.272 e. The molecular weight excluding hydrogens is 404 g/mol. The maximum Gasteiger partial charge on any atom is 0.272 e. The van der Waals surface area contributed by atoms with E-state index in [4.69, 9.17) is 4.74 Å². The highest BCUT2D eigenvalue weighted by molar-refractivity contribution is 5.95. The third-order valence-electron chi connectivity index (χ3n) is 5.71. The molecule has 1 atom stereocenters. The molecule has 0 fully saturated rings. The number of nitrogens with zero attached hydrogens (tertiary/aromatic N) is 5. The number of fused-ring (bicyclic) bond motifs is 1. The lowest BCUT2D eigenvalue weighted by molar-refractivity contribution is -0.116. The number of amides is 1. The number of carbonyl (C=O) groups excluding carboxylic acids is 1. The Morgan fingerprint density at radius 1 is 1.06 bits per heavy atom. The van der Waals surface area contributed by atoms with Crippen molar-refractivity contribution >= 4 is 11.7 Å². The highest BCUT2D eigenvalue weighted by Gasteiger charge is 2.33. The van der Waals surface area contributed by atoms with E-state index < -0.39 is 0 Å². The average Bonchev–Trinajstić information content (AvgIpc) is 3.15. The van der Waals surface area contributed by atoms with Gasteiger partial charge in [-0.25, -0.2) is 4.98 Å². The highest BCUT2D eigenvalue weighted by atomic mass is 16.5. The molecule has 8 nitrogen and oxygen atoms in total. The van der Waals surface area contributed by atoms with Gasteiger partial charge in [-0.2, -0.15) is 14.9 Å². The molecule has 4 aromatic rings. The fourth-order valence-corrected chi connectivity index (χ4v) is 4.06. The van der Waals surface area contributed by atoms with E-state index in [9.17, 15) is 4.79 Å². The molecule has 0 bridgehead atoms. The van der Waals surface area contributed by atoms with Crippen LogP contribution in [0.4, 0.5) is 5.82 Å². The van der Waals surface area contributed by atoms with Gasteiger partial charge in [-0.3, -0.25) is 4.79 Å². The van der Waals surface area contributed by atoms with E-state index in [-0.39, 0.29) is 11.8 Å². The Kier molecular flexibility index (Phi) is 4.89. The largest absolute Gasteiger partial charge is 0.497 e. The van der Waals surface area contributed by atoms with Gasteiger partial charge in [0.1, 0.15) is 11.6 Å². The Hall–Kier alpha value is -4.07. The molecule has 2 aromatic carbocycles. The number of hydrogen-bond acceptors (Lipinski definition) is 6. The zero-order valence-corrected chi connectivity index (χ0v) is 18.0. The SMILES string of the molecule is COc1ccc([C@@H]2CC(=O)Nc3c2c(C)nn3-c2nncc(-c3ccc(C)cc3)n2)cc1. The van der Waals surface area contributed by atoms with Gasteiger partial charge in [-0.1, -0.05) is 42.0 Å². The fraction of sp³-hybridized carbons (Fsp3) is 0.208. The summed E-state index contributed by atoms with van der Waals surface area (Å²) in [5.74, 6) is 1.47. The summed E-state index contributed by atoms with van der Waals surface area (Å²) in [6.07, 6.45) is 1.96. The van der Waals surface area contributed by atoms with Crippen LogP contribution >= 0.6 is 0 Å². The predicted molar refractivity (Wildman–Crippen MR) is 120 cm³/mol. The summed E-state index contributed by atoms with van der Waals surface area (Å²) in [4.78, 5) is 17.3. The van der Waals surface area contributed by atoms with Crippen LogP contribution in [0.15, 0.2) is 54.7 Å². The second-order valence-corrected chi connectivity index (χ2v) is 7.85. The Balaban J connectivity index is 1.58. The zero-order chi connectivity index (χ0) is 22.2. The lowest BCUT2D eigenvalue weighted by Crippen LogP contribution is -2.25. The summed E-state index contributed by atoms with van der Waals surface area (Å²) >= 11 is 0. The quantitative estimate of drug-likeness (QED) is 0.533. The highest BCUT2D eigenvalue weighted by Crippen LogP contribution is 2.40. The lowest BCUT2D eigenvalue weighted by atomic mass is 9.86. The minimum Gasteiger partial charge on any atom is -0.497 e. The number of methoxy groups -OCH3 is 1. The van der Waals surface area contributed by atoms with Crippen molar-refractivity contribution in [3.63, 3.8) is 0 Å². The molecular formula is C24H22N6O2. The molecule has 3 heterocycles. The van der Waals surface area contributed by atoms with Gasteiger partial charge < -0.3 is 10.1 Å². The van der Waals surface area contributed by atoms with Crippen LogP contribution < -0.4 is 10.1 Å². The molecule has 1 N–H and O–H groups in total. The van der Waals surface area contributed by atoms with Crippen molar-refractivity contribution in [3.8, 4) is 23.0 Å². The molecule has 0 radical (unpaired) electrons. The van der Waals surface area contributed by atoms with Gasteiger partial charge in [0.05, 0.1) is 24.7 Å². The number of nitrogens with one attached hydrogen (secondary N) is 1. The van der Waals surface area contributed by atoms with Crippen LogP contribution in [0.25, 0.3) is 17.2 Å². The van der Waals surface area contributed by atoms with Crippen LogP contribution in [0.5, 0.6) is 5.75 Å². The number of hydrogen-bond donors (Lipinski definition) is 1. The topological polar surface area (TPSA) is 94.8 Å². The predicted octanol–water partition coefficient (Wildman–Crippen LogP) is 3.82. The summed E-state index contributed by atoms with van der Waals surface area (Å²) in [6.45, 7) is 3.97. The van der Waals surface area contributed by atoms with Crippen molar-refractivity contribution in [2.45, 2.75) is 26.2 Å². The van der Waals surface area contributed by atoms with E-state index in [2.05, 4.69) is 25.6 Å². The van der Waals surface area contributed by atoms with Crippen molar-refractivity contribution in [3.05, 3.63) is 77.1 Å². The minimum absolute atomic E-state index is 0.0814. The Morgan fingerprint density at radius 3 is 2.53 bits per heavy atom. The van der Waals surface area contributed by atoms with Gasteiger partial charge in [-0.05, 0) is 31.5 Å². The first-order valence-electron chi connectivity index (χ1n) is 10.3. The van der Waals surface area contributed by atoms with Crippen LogP contribution in [0, 0.1) is 13.8 Å². The van der Waals surface area contributed by atoms with E-state index in [1.807, 2.05) is 62.4 Å². The van der Waals surface area contributed by atoms with Gasteiger partial charge in [0, 0.05) is 23.5 Å². The van der Waals surface area contributed by atoms with Gasteiger partial charge in [0.15, 0.2) is 0 Å². The van der Waals surface area contributed by atoms with Crippen LogP contribution in [0.3, 0.4) is 0 Å². The first-order valence-corrected chi connectivity index (χ1v) is 10.3. The number of aromatic nitrogens is 5. The van der Waals surface area contributed by atoms with Gasteiger partial charge in [0.25, 0.3) is 5.95 Å². The lowest BCUT2D eigenvalue weighted by Gasteiger charge is -2.24. The summed E-state index contributed by atoms with van der Waals surface area (Å²) < 4.78 is 6.84. The number of rotatable bonds is 4. The number of benzene rings is 2. The maximum atomic E-state index is 12.6. The molecule has 32 heavy (non-hydrogen) atoms. The van der Waals surface area contributed by atoms with E-state index in [1.165, 1.54) is 5.56 Å². The van der Waals surface area contributed by atoms with Crippen molar-refractivity contribution < 1.29 is 9.53 Å². The number of ether oxygens (including phenoxy) is 1. The van der Waals surface area contributed by atoms with Crippen LogP contribution in [-0.4, -0.2) is 38.0 Å². The maximum absolute atomic E-state index is 12.6. The second kappa shape index (κ2) is 7.88. The third-order valence-corrected chi connectivity index (χ3v) is 5.71. The van der Waals surface area contributed by atoms with Crippen molar-refractivity contribution in [1.29, 1.82) is 0 Å². The first kappa shape index (κ1) is 19.9. The molecule has 160 valence electrons. The van der Waals surface area contributed by atoms with Gasteiger partial charge in [-0.15, -0.1) is 5.10 Å². The molecule has 2 aromatic heterocycles. The van der Waals surface area contributed by atoms with E-state index in [1.54, 1.807) is 18.0 Å². The monoisotopic (exact) mass is 426 g/mol. The number of aryl methyl sites for hydroxylation is 2. The van der Waals surface area contributed by atoms with E-state index in [0.29, 0.717) is 23.9 Å². The van der Waals surface area contributed by atoms with E-state index >= 15 is 0 Å². The Labute approximate surface area is 185 Å². The van der Waals surface area contributed by atoms with Crippen molar-refractivity contribution in [2.24, 2.45) is 0 Å². The second-order valence-electron chi connectivity index (χ2n) is 7.85. The molecule has 0 unspecified atom stereocenters. The normalized spacial score (nSPS) is 15.2. The molecule has 8 heteroatoms. The molecule has 0 saturated carbocycles. The van der Waals surface area contributed by atoms with Crippen molar-refractivity contribution in [2.75, 3.05) is 12.4 Å². The zero-order valence-electron chi connectivity index (χ0n) is 18.0. The molecule has 1 aliphatic rings. The number of carbonyl (C=O) groups is 1. The van der Waals surface area contributed by atoms with E-state index in [0.717, 1.165) is 28.1 Å². The van der Waals surface area contributed by atoms with Crippen LogP contribution in [0.1, 0.15) is 34.7 Å². The molecule has 0 aliphatic carbocycles. The summed E-state index contributed by atoms with van der Waals surface area (Å²) in [5, 5.41) is 16.0. The molecule has 1 aliphatic heterocycles. The molecule has 5 rings (SSSR count). The van der Waals surface area contributed by atoms with Crippen LogP contribution in [0.2, 0.25) is 0 Å². The summed E-state index contributed by atoms with van der Waals surface area (Å²) in [6, 6.07) is 15.8.